The van der Waals surface area contributed by atoms with Gasteiger partial charge in [-0.25, -0.2) is 0 Å². The molecule has 0 spiro atoms. The molecule has 0 amide bonds. The predicted octanol–water partition coefficient (Wildman–Crippen LogP) is 5.40. The molecule has 1 N–H and O–H groups in total. The number of benzene rings is 1. The molecule has 0 aliphatic carbocycles. The van der Waals surface area contributed by atoms with E-state index in [2.05, 4.69) is 0 Å². The minimum absolute atomic E-state index is 0.465. The van der Waals surface area contributed by atoms with Crippen molar-refractivity contribution in [2.45, 2.75) is 44.4 Å². The van der Waals surface area contributed by atoms with Crippen LogP contribution in [0.25, 0.3) is 10.4 Å². The Labute approximate surface area is 143 Å². The van der Waals surface area contributed by atoms with Crippen LogP contribution in [0, 0.1) is 0 Å². The normalized spacial score (nSPS) is 15.2. The Morgan fingerprint density at radius 2 is 1.79 bits per heavy atom. The van der Waals surface area contributed by atoms with Crippen molar-refractivity contribution in [1.82, 2.24) is 0 Å². The van der Waals surface area contributed by atoms with Gasteiger partial charge in [0.15, 0.2) is 5.60 Å². The largest absolute Gasteiger partial charge is 0.496 e. The number of hydrogen-bond donors (Lipinski definition) is 1. The summed E-state index contributed by atoms with van der Waals surface area (Å²) < 4.78 is 44.6. The third kappa shape index (κ3) is 3.75. The maximum atomic E-state index is 13.1. The lowest BCUT2D eigenvalue weighted by molar-refractivity contribution is -0.259. The zero-order valence-corrected chi connectivity index (χ0v) is 14.9. The Morgan fingerprint density at radius 1 is 1.12 bits per heavy atom. The second-order valence-corrected chi connectivity index (χ2v) is 7.67. The quantitative estimate of drug-likeness (QED) is 0.775. The molecule has 1 atom stereocenters. The lowest BCUT2D eigenvalue weighted by Gasteiger charge is -2.36. The van der Waals surface area contributed by atoms with E-state index in [4.69, 9.17) is 4.74 Å². The van der Waals surface area contributed by atoms with E-state index in [1.54, 1.807) is 31.3 Å². The van der Waals surface area contributed by atoms with E-state index < -0.39 is 23.6 Å². The summed E-state index contributed by atoms with van der Waals surface area (Å²) in [6.07, 6.45) is -5.16. The van der Waals surface area contributed by atoms with Gasteiger partial charge in [0.1, 0.15) is 5.75 Å². The van der Waals surface area contributed by atoms with Crippen LogP contribution in [0.4, 0.5) is 13.2 Å². The summed E-state index contributed by atoms with van der Waals surface area (Å²) in [5.41, 5.74) is -2.15. The van der Waals surface area contributed by atoms with Gasteiger partial charge in [-0.05, 0) is 54.0 Å². The van der Waals surface area contributed by atoms with Crippen molar-refractivity contribution in [3.63, 3.8) is 0 Å². The lowest BCUT2D eigenvalue weighted by atomic mass is 9.74. The van der Waals surface area contributed by atoms with Gasteiger partial charge in [-0.2, -0.15) is 13.2 Å². The van der Waals surface area contributed by atoms with Crippen LogP contribution >= 0.6 is 11.3 Å². The van der Waals surface area contributed by atoms with Gasteiger partial charge >= 0.3 is 6.18 Å². The van der Waals surface area contributed by atoms with Gasteiger partial charge in [-0.15, -0.1) is 11.3 Å². The molecule has 0 bridgehead atoms. The van der Waals surface area contributed by atoms with Gasteiger partial charge in [-0.3, -0.25) is 0 Å². The van der Waals surface area contributed by atoms with E-state index in [1.165, 1.54) is 7.11 Å². The highest BCUT2D eigenvalue weighted by Gasteiger charge is 2.52. The van der Waals surface area contributed by atoms with E-state index >= 15 is 0 Å². The van der Waals surface area contributed by atoms with Crippen LogP contribution in [0.2, 0.25) is 0 Å². The van der Waals surface area contributed by atoms with Crippen LogP contribution in [0.3, 0.4) is 0 Å². The monoisotopic (exact) mass is 358 g/mol. The summed E-state index contributed by atoms with van der Waals surface area (Å²) in [6.45, 7) is 4.18. The first-order valence-corrected chi connectivity index (χ1v) is 8.37. The fraction of sp³-hybridized carbons (Fsp3) is 0.444. The fourth-order valence-electron chi connectivity index (χ4n) is 2.89. The van der Waals surface area contributed by atoms with E-state index in [9.17, 15) is 18.3 Å². The summed E-state index contributed by atoms with van der Waals surface area (Å²) in [5, 5.41) is 11.8. The molecule has 6 heteroatoms. The number of ether oxygens (including phenoxy) is 1. The van der Waals surface area contributed by atoms with Crippen LogP contribution in [0.15, 0.2) is 35.7 Å². The van der Waals surface area contributed by atoms with Crippen molar-refractivity contribution in [1.29, 1.82) is 0 Å². The van der Waals surface area contributed by atoms with Crippen molar-refractivity contribution in [3.05, 3.63) is 41.3 Å². The summed E-state index contributed by atoms with van der Waals surface area (Å²) >= 11 is 1.56. The molecular formula is C18H21F3O2S. The van der Waals surface area contributed by atoms with E-state index in [-0.39, 0.29) is 0 Å². The molecule has 2 rings (SSSR count). The van der Waals surface area contributed by atoms with Gasteiger partial charge in [0.05, 0.1) is 7.11 Å². The van der Waals surface area contributed by atoms with Crippen LogP contribution in [-0.4, -0.2) is 24.0 Å². The van der Waals surface area contributed by atoms with E-state index in [0.717, 1.165) is 17.4 Å². The number of alkyl halides is 3. The first-order valence-electron chi connectivity index (χ1n) is 7.49. The van der Waals surface area contributed by atoms with Crippen LogP contribution in [-0.2, 0) is 5.41 Å². The third-order valence-corrected chi connectivity index (χ3v) is 5.05. The summed E-state index contributed by atoms with van der Waals surface area (Å²) in [4.78, 5) is 1.03. The topological polar surface area (TPSA) is 29.5 Å². The van der Waals surface area contributed by atoms with Gasteiger partial charge in [0.25, 0.3) is 0 Å². The van der Waals surface area contributed by atoms with Crippen LogP contribution in [0.1, 0.15) is 32.8 Å². The third-order valence-electron chi connectivity index (χ3n) is 4.13. The maximum absolute atomic E-state index is 13.1. The lowest BCUT2D eigenvalue weighted by Crippen LogP contribution is -2.46. The predicted molar refractivity (Wildman–Crippen MR) is 90.6 cm³/mol. The molecule has 1 aromatic carbocycles. The first-order chi connectivity index (χ1) is 11.0. The Hall–Kier alpha value is -1.53. The molecule has 2 nitrogen and oxygen atoms in total. The Morgan fingerprint density at radius 3 is 2.29 bits per heavy atom. The van der Waals surface area contributed by atoms with Crippen molar-refractivity contribution in [2.24, 2.45) is 0 Å². The van der Waals surface area contributed by atoms with Gasteiger partial charge in [0, 0.05) is 10.4 Å². The molecule has 0 aliphatic heterocycles. The summed E-state index contributed by atoms with van der Waals surface area (Å²) in [7, 11) is 1.49. The van der Waals surface area contributed by atoms with Crippen molar-refractivity contribution in [2.75, 3.05) is 7.11 Å². The zero-order valence-electron chi connectivity index (χ0n) is 14.1. The van der Waals surface area contributed by atoms with Gasteiger partial charge in [-0.1, -0.05) is 19.9 Å². The fourth-order valence-corrected chi connectivity index (χ4v) is 3.61. The van der Waals surface area contributed by atoms with Crippen molar-refractivity contribution in [3.8, 4) is 16.2 Å². The molecule has 2 aromatic rings. The average Bonchev–Trinajstić information content (AvgIpc) is 2.98. The SMILES string of the molecule is COc1ccc(-c2cccs2)cc1C(C)(C)CC(C)(O)C(F)(F)F. The zero-order chi connectivity index (χ0) is 18.2. The highest BCUT2D eigenvalue weighted by Crippen LogP contribution is 2.44. The molecule has 1 aromatic heterocycles. The Balaban J connectivity index is 2.46. The Bertz CT molecular complexity index is 689. The average molecular weight is 358 g/mol. The number of methoxy groups -OCH3 is 1. The maximum Gasteiger partial charge on any atom is 0.416 e. The number of rotatable bonds is 5. The highest BCUT2D eigenvalue weighted by atomic mass is 32.1. The number of thiophene rings is 1. The standard InChI is InChI=1S/C18H21F3O2S/c1-16(2,11-17(3,22)18(19,20)21)13-10-12(7-8-14(13)23-4)15-6-5-9-24-15/h5-10,22H,11H2,1-4H3. The van der Waals surface area contributed by atoms with Crippen molar-refractivity contribution >= 4 is 11.3 Å². The number of hydrogen-bond acceptors (Lipinski definition) is 3. The molecule has 0 aliphatic rings. The Kier molecular flexibility index (Phi) is 5.02. The molecule has 132 valence electrons. The molecule has 0 radical (unpaired) electrons. The number of halogens is 3. The molecular weight excluding hydrogens is 337 g/mol. The number of aliphatic hydroxyl groups is 1. The smallest absolute Gasteiger partial charge is 0.416 e. The molecule has 0 saturated carbocycles. The second-order valence-electron chi connectivity index (χ2n) is 6.72. The molecule has 0 saturated heterocycles. The van der Waals surface area contributed by atoms with Crippen molar-refractivity contribution < 1.29 is 23.0 Å². The first kappa shape index (κ1) is 18.8. The molecule has 0 fully saturated rings. The van der Waals surface area contributed by atoms with Crippen LogP contribution in [0.5, 0.6) is 5.75 Å². The summed E-state index contributed by atoms with van der Waals surface area (Å²) in [5.74, 6) is 0.512. The van der Waals surface area contributed by atoms with Gasteiger partial charge in [0.2, 0.25) is 0 Å². The second kappa shape index (κ2) is 6.41. The molecule has 1 unspecified atom stereocenters. The minimum atomic E-state index is -4.69. The van der Waals surface area contributed by atoms with Gasteiger partial charge < -0.3 is 9.84 Å². The minimum Gasteiger partial charge on any atom is -0.496 e. The summed E-state index contributed by atoms with van der Waals surface area (Å²) in [6, 6.07) is 9.36. The van der Waals surface area contributed by atoms with E-state index in [1.807, 2.05) is 29.6 Å². The highest BCUT2D eigenvalue weighted by molar-refractivity contribution is 7.13. The molecule has 1 heterocycles. The van der Waals surface area contributed by atoms with Crippen LogP contribution < -0.4 is 4.74 Å². The molecule has 24 heavy (non-hydrogen) atoms. The van der Waals surface area contributed by atoms with E-state index in [0.29, 0.717) is 11.3 Å².